The molecule has 0 fully saturated rings. The number of fused-ring (bicyclic) bond motifs is 4. The van der Waals surface area contributed by atoms with Gasteiger partial charge in [-0.25, -0.2) is 4.79 Å². The first-order valence-electron chi connectivity index (χ1n) is 8.57. The number of aromatic nitrogens is 2. The van der Waals surface area contributed by atoms with E-state index in [0.29, 0.717) is 39.3 Å². The van der Waals surface area contributed by atoms with E-state index in [9.17, 15) is 14.9 Å². The molecule has 0 saturated heterocycles. The molecule has 1 atom stereocenters. The Hall–Kier alpha value is -3.94. The van der Waals surface area contributed by atoms with Gasteiger partial charge in [-0.3, -0.25) is 15.2 Å². The number of nitro benzene ring substituents is 1. The summed E-state index contributed by atoms with van der Waals surface area (Å²) in [5.74, 6) is 0.262. The highest BCUT2D eigenvalue weighted by molar-refractivity contribution is 5.86. The second-order valence-corrected chi connectivity index (χ2v) is 6.58. The van der Waals surface area contributed by atoms with Crippen molar-refractivity contribution in [3.05, 3.63) is 91.4 Å². The number of hydrogen-bond acceptors (Lipinski definition) is 6. The lowest BCUT2D eigenvalue weighted by Crippen LogP contribution is -2.20. The second-order valence-electron chi connectivity index (χ2n) is 6.58. The fourth-order valence-electron chi connectivity index (χ4n) is 3.69. The van der Waals surface area contributed by atoms with Gasteiger partial charge in [0, 0.05) is 23.4 Å². The largest absolute Gasteiger partial charge is 0.436 e. The first kappa shape index (κ1) is 16.2. The SMILES string of the molecule is Cc1[nH]nc2c1C(c1ccc([N+](=O)[O-])cc1)c1c(c3ccccc3oc1=O)O2. The topological polar surface area (TPSA) is 111 Å². The van der Waals surface area contributed by atoms with Crippen LogP contribution in [0.25, 0.3) is 11.0 Å². The monoisotopic (exact) mass is 375 g/mol. The van der Waals surface area contributed by atoms with Crippen molar-refractivity contribution in [3.63, 3.8) is 0 Å². The summed E-state index contributed by atoms with van der Waals surface area (Å²) in [6, 6.07) is 13.2. The summed E-state index contributed by atoms with van der Waals surface area (Å²) in [5.41, 5.74) is 2.41. The van der Waals surface area contributed by atoms with E-state index in [-0.39, 0.29) is 5.69 Å². The minimum atomic E-state index is -0.515. The van der Waals surface area contributed by atoms with Crippen LogP contribution < -0.4 is 10.4 Å². The van der Waals surface area contributed by atoms with Crippen molar-refractivity contribution >= 4 is 16.7 Å². The standard InChI is InChI=1S/C20H13N3O5/c1-10-15-16(11-6-8-12(9-7-11)23(25)26)17-18(28-19(15)22-21-10)13-4-2-3-5-14(13)27-20(17)24/h2-9,16H,1H3,(H,21,22). The smallest absolute Gasteiger partial charge is 0.344 e. The van der Waals surface area contributed by atoms with Gasteiger partial charge in [0.25, 0.3) is 5.69 Å². The Kier molecular flexibility index (Phi) is 3.35. The van der Waals surface area contributed by atoms with Crippen molar-refractivity contribution in [1.29, 1.82) is 0 Å². The number of ether oxygens (including phenoxy) is 1. The molecule has 1 unspecified atom stereocenters. The number of nitrogens with zero attached hydrogens (tertiary/aromatic N) is 2. The number of H-pyrrole nitrogens is 1. The van der Waals surface area contributed by atoms with Gasteiger partial charge in [-0.1, -0.05) is 24.3 Å². The molecule has 0 radical (unpaired) electrons. The maximum Gasteiger partial charge on any atom is 0.344 e. The average Bonchev–Trinajstić information content (AvgIpc) is 3.07. The molecule has 1 aliphatic rings. The number of rotatable bonds is 2. The van der Waals surface area contributed by atoms with E-state index in [2.05, 4.69) is 10.2 Å². The molecule has 0 bridgehead atoms. The maximum absolute atomic E-state index is 12.9. The summed E-state index contributed by atoms with van der Waals surface area (Å²) in [6.45, 7) is 1.83. The number of aryl methyl sites for hydroxylation is 1. The van der Waals surface area contributed by atoms with Gasteiger partial charge < -0.3 is 9.15 Å². The van der Waals surface area contributed by atoms with Crippen LogP contribution in [0.3, 0.4) is 0 Å². The zero-order valence-electron chi connectivity index (χ0n) is 14.6. The van der Waals surface area contributed by atoms with Gasteiger partial charge >= 0.3 is 5.63 Å². The van der Waals surface area contributed by atoms with Gasteiger partial charge in [0.1, 0.15) is 5.58 Å². The molecular formula is C20H13N3O5. The predicted molar refractivity (Wildman–Crippen MR) is 99.9 cm³/mol. The molecule has 8 nitrogen and oxygen atoms in total. The summed E-state index contributed by atoms with van der Waals surface area (Å²) >= 11 is 0. The fourth-order valence-corrected chi connectivity index (χ4v) is 3.69. The minimum Gasteiger partial charge on any atom is -0.436 e. The van der Waals surface area contributed by atoms with Gasteiger partial charge in [0.15, 0.2) is 5.75 Å². The molecule has 138 valence electrons. The average molecular weight is 375 g/mol. The summed E-state index contributed by atoms with van der Waals surface area (Å²) in [4.78, 5) is 23.4. The molecule has 0 saturated carbocycles. The highest BCUT2D eigenvalue weighted by Gasteiger charge is 2.37. The number of nitrogens with one attached hydrogen (secondary N) is 1. The Morgan fingerprint density at radius 3 is 2.61 bits per heavy atom. The Labute approximate surface area is 157 Å². The molecule has 0 amide bonds. The lowest BCUT2D eigenvalue weighted by Gasteiger charge is -2.25. The fraction of sp³-hybridized carbons (Fsp3) is 0.100. The molecule has 1 aliphatic heterocycles. The number of benzene rings is 2. The summed E-state index contributed by atoms with van der Waals surface area (Å²) in [5, 5.41) is 18.8. The molecule has 2 aromatic heterocycles. The van der Waals surface area contributed by atoms with E-state index in [4.69, 9.17) is 9.15 Å². The predicted octanol–water partition coefficient (Wildman–Crippen LogP) is 4.02. The highest BCUT2D eigenvalue weighted by Crippen LogP contribution is 2.48. The molecule has 1 N–H and O–H groups in total. The summed E-state index contributed by atoms with van der Waals surface area (Å²) in [6.07, 6.45) is 0. The van der Waals surface area contributed by atoms with Gasteiger partial charge in [0.2, 0.25) is 5.88 Å². The number of hydrogen-bond donors (Lipinski definition) is 1. The van der Waals surface area contributed by atoms with Crippen molar-refractivity contribution in [3.8, 4) is 11.6 Å². The van der Waals surface area contributed by atoms with Crippen LogP contribution in [0.4, 0.5) is 5.69 Å². The highest BCUT2D eigenvalue weighted by atomic mass is 16.6. The molecule has 8 heteroatoms. The Bertz CT molecular complexity index is 1300. The van der Waals surface area contributed by atoms with Crippen molar-refractivity contribution in [2.75, 3.05) is 0 Å². The van der Waals surface area contributed by atoms with E-state index in [0.717, 1.165) is 5.69 Å². The molecule has 0 spiro atoms. The van der Waals surface area contributed by atoms with Gasteiger partial charge in [-0.2, -0.15) is 0 Å². The zero-order valence-corrected chi connectivity index (χ0v) is 14.6. The molecule has 28 heavy (non-hydrogen) atoms. The lowest BCUT2D eigenvalue weighted by atomic mass is 9.83. The van der Waals surface area contributed by atoms with E-state index in [1.165, 1.54) is 12.1 Å². The normalized spacial score (nSPS) is 15.0. The molecule has 4 aromatic rings. The minimum absolute atomic E-state index is 0.0225. The maximum atomic E-state index is 12.9. The van der Waals surface area contributed by atoms with Crippen LogP contribution in [0.15, 0.2) is 57.7 Å². The van der Waals surface area contributed by atoms with Crippen molar-refractivity contribution in [1.82, 2.24) is 10.2 Å². The van der Waals surface area contributed by atoms with E-state index in [1.807, 2.05) is 19.1 Å². The van der Waals surface area contributed by atoms with Gasteiger partial charge in [0.05, 0.1) is 21.8 Å². The van der Waals surface area contributed by atoms with Crippen LogP contribution in [0.5, 0.6) is 11.6 Å². The number of para-hydroxylation sites is 1. The van der Waals surface area contributed by atoms with Crippen LogP contribution in [-0.2, 0) is 0 Å². The third-order valence-corrected chi connectivity index (χ3v) is 4.97. The van der Waals surface area contributed by atoms with E-state index < -0.39 is 16.5 Å². The van der Waals surface area contributed by atoms with Crippen molar-refractivity contribution in [2.45, 2.75) is 12.8 Å². The van der Waals surface area contributed by atoms with Crippen molar-refractivity contribution < 1.29 is 14.1 Å². The quantitative estimate of drug-likeness (QED) is 0.283. The van der Waals surface area contributed by atoms with Crippen LogP contribution in [0.2, 0.25) is 0 Å². The molecule has 3 heterocycles. The molecule has 0 aliphatic carbocycles. The number of non-ortho nitro benzene ring substituents is 1. The van der Waals surface area contributed by atoms with Crippen LogP contribution in [0.1, 0.15) is 28.3 Å². The molecule has 5 rings (SSSR count). The summed E-state index contributed by atoms with van der Waals surface area (Å²) in [7, 11) is 0. The van der Waals surface area contributed by atoms with Crippen LogP contribution in [0, 0.1) is 17.0 Å². The number of aromatic amines is 1. The van der Waals surface area contributed by atoms with E-state index >= 15 is 0 Å². The summed E-state index contributed by atoms with van der Waals surface area (Å²) < 4.78 is 11.5. The van der Waals surface area contributed by atoms with E-state index in [1.54, 1.807) is 24.3 Å². The Balaban J connectivity index is 1.82. The van der Waals surface area contributed by atoms with Crippen LogP contribution in [-0.4, -0.2) is 15.1 Å². The van der Waals surface area contributed by atoms with Gasteiger partial charge in [-0.15, -0.1) is 5.10 Å². The Morgan fingerprint density at radius 1 is 1.11 bits per heavy atom. The number of nitro groups is 1. The first-order valence-corrected chi connectivity index (χ1v) is 8.57. The molecular weight excluding hydrogens is 362 g/mol. The third-order valence-electron chi connectivity index (χ3n) is 4.97. The van der Waals surface area contributed by atoms with Crippen molar-refractivity contribution in [2.24, 2.45) is 0 Å². The lowest BCUT2D eigenvalue weighted by molar-refractivity contribution is -0.384. The zero-order chi connectivity index (χ0) is 19.4. The molecule has 2 aromatic carbocycles. The second kappa shape index (κ2) is 5.78. The third kappa shape index (κ3) is 2.24. The Morgan fingerprint density at radius 2 is 1.86 bits per heavy atom. The first-order chi connectivity index (χ1) is 13.5. The van der Waals surface area contributed by atoms with Gasteiger partial charge in [-0.05, 0) is 24.6 Å². The van der Waals surface area contributed by atoms with Crippen LogP contribution >= 0.6 is 0 Å².